The minimum Gasteiger partial charge on any atom is -0.376 e. The summed E-state index contributed by atoms with van der Waals surface area (Å²) in [5.74, 6) is -0.725. The molecule has 1 fully saturated rings. The number of hydrogen-bond acceptors (Lipinski definition) is 5. The molecule has 0 saturated carbocycles. The molecule has 0 aliphatic carbocycles. The lowest BCUT2D eigenvalue weighted by molar-refractivity contribution is 0.0475. The summed E-state index contributed by atoms with van der Waals surface area (Å²) in [6.07, 6.45) is 2.58. The van der Waals surface area contributed by atoms with Gasteiger partial charge in [0.15, 0.2) is 0 Å². The fourth-order valence-electron chi connectivity index (χ4n) is 4.19. The Balaban J connectivity index is 1.37. The summed E-state index contributed by atoms with van der Waals surface area (Å²) in [4.78, 5) is 42.8. The zero-order valence-electron chi connectivity index (χ0n) is 15.3. The van der Waals surface area contributed by atoms with Crippen molar-refractivity contribution in [2.24, 2.45) is 0 Å². The summed E-state index contributed by atoms with van der Waals surface area (Å²) < 4.78 is 5.57. The molecule has 0 N–H and O–H groups in total. The number of thiophene rings is 1. The fourth-order valence-corrected chi connectivity index (χ4v) is 5.08. The van der Waals surface area contributed by atoms with Crippen molar-refractivity contribution in [3.8, 4) is 0 Å². The first-order valence-corrected chi connectivity index (χ1v) is 10.5. The van der Waals surface area contributed by atoms with E-state index in [1.165, 1.54) is 15.3 Å². The number of hydrogen-bond donors (Lipinski definition) is 0. The summed E-state index contributed by atoms with van der Waals surface area (Å²) in [7, 11) is 0. The average Bonchev–Trinajstić information content (AvgIpc) is 3.44. The Hall–Kier alpha value is -2.51. The maximum atomic E-state index is 13.0. The molecule has 1 aromatic heterocycles. The molecule has 3 amide bonds. The van der Waals surface area contributed by atoms with Crippen molar-refractivity contribution in [3.63, 3.8) is 0 Å². The number of nitrogens with zero attached hydrogens (tertiary/aromatic N) is 2. The first-order chi connectivity index (χ1) is 13.6. The molecule has 0 spiro atoms. The van der Waals surface area contributed by atoms with Crippen molar-refractivity contribution >= 4 is 29.1 Å². The monoisotopic (exact) mass is 396 g/mol. The van der Waals surface area contributed by atoms with Gasteiger partial charge in [0.25, 0.3) is 17.7 Å². The molecule has 28 heavy (non-hydrogen) atoms. The van der Waals surface area contributed by atoms with E-state index in [0.717, 1.165) is 19.3 Å². The molecule has 144 valence electrons. The Morgan fingerprint density at radius 2 is 2.04 bits per heavy atom. The van der Waals surface area contributed by atoms with Crippen molar-refractivity contribution in [3.05, 3.63) is 56.8 Å². The van der Waals surface area contributed by atoms with Crippen LogP contribution in [0.4, 0.5) is 0 Å². The molecule has 4 heterocycles. The number of imide groups is 1. The molecule has 3 aliphatic heterocycles. The second kappa shape index (κ2) is 6.83. The van der Waals surface area contributed by atoms with Gasteiger partial charge in [-0.05, 0) is 54.5 Å². The van der Waals surface area contributed by atoms with Crippen LogP contribution in [0.2, 0.25) is 0 Å². The normalized spacial score (nSPS) is 21.2. The highest BCUT2D eigenvalue weighted by molar-refractivity contribution is 7.10. The van der Waals surface area contributed by atoms with E-state index < -0.39 is 0 Å². The van der Waals surface area contributed by atoms with Crippen LogP contribution in [0.1, 0.15) is 54.4 Å². The van der Waals surface area contributed by atoms with Crippen molar-refractivity contribution in [1.82, 2.24) is 9.80 Å². The highest BCUT2D eigenvalue weighted by Crippen LogP contribution is 2.28. The van der Waals surface area contributed by atoms with Gasteiger partial charge in [-0.25, -0.2) is 0 Å². The van der Waals surface area contributed by atoms with E-state index in [0.29, 0.717) is 36.4 Å². The summed E-state index contributed by atoms with van der Waals surface area (Å²) in [5, 5.41) is 2.06. The second-order valence-corrected chi connectivity index (χ2v) is 8.46. The van der Waals surface area contributed by atoms with Crippen LogP contribution >= 0.6 is 11.3 Å². The lowest BCUT2D eigenvalue weighted by Gasteiger charge is -2.27. The Kier molecular flexibility index (Phi) is 4.29. The Bertz CT molecular complexity index is 977. The van der Waals surface area contributed by atoms with Crippen LogP contribution in [0.5, 0.6) is 0 Å². The lowest BCUT2D eigenvalue weighted by atomic mass is 10.0. The van der Waals surface area contributed by atoms with Crippen LogP contribution in [0.3, 0.4) is 0 Å². The van der Waals surface area contributed by atoms with Gasteiger partial charge in [-0.1, -0.05) is 0 Å². The number of carbonyl (C=O) groups excluding carboxylic acids is 3. The van der Waals surface area contributed by atoms with Gasteiger partial charge in [-0.2, -0.15) is 0 Å². The third-order valence-corrected chi connectivity index (χ3v) is 6.75. The highest BCUT2D eigenvalue weighted by Gasteiger charge is 2.38. The van der Waals surface area contributed by atoms with Gasteiger partial charge in [0.2, 0.25) is 0 Å². The van der Waals surface area contributed by atoms with E-state index in [1.807, 2.05) is 4.90 Å². The van der Waals surface area contributed by atoms with E-state index >= 15 is 0 Å². The van der Waals surface area contributed by atoms with Gasteiger partial charge in [0, 0.05) is 30.1 Å². The molecule has 2 aromatic rings. The average molecular weight is 396 g/mol. The van der Waals surface area contributed by atoms with Crippen LogP contribution in [0, 0.1) is 0 Å². The number of amides is 3. The highest BCUT2D eigenvalue weighted by atomic mass is 32.1. The molecular weight excluding hydrogens is 376 g/mol. The molecule has 7 heteroatoms. The third-order valence-electron chi connectivity index (χ3n) is 5.72. The van der Waals surface area contributed by atoms with E-state index in [4.69, 9.17) is 4.74 Å². The zero-order chi connectivity index (χ0) is 19.3. The Labute approximate surface area is 166 Å². The number of rotatable bonds is 3. The topological polar surface area (TPSA) is 66.9 Å². The molecule has 5 rings (SSSR count). The maximum Gasteiger partial charge on any atom is 0.261 e. The number of fused-ring (bicyclic) bond motifs is 2. The zero-order valence-corrected chi connectivity index (χ0v) is 16.2. The standard InChI is InChI=1S/C21H20N2O4S/c24-19(22-7-5-18-14(11-22)6-9-28-18)13-3-4-16-17(10-13)21(26)23(20(16)25)12-15-2-1-8-27-15/h3-4,6,9-10,15H,1-2,5,7-8,11-12H2. The first kappa shape index (κ1) is 17.6. The van der Waals surface area contributed by atoms with E-state index in [2.05, 4.69) is 11.4 Å². The van der Waals surface area contributed by atoms with Crippen LogP contribution in [-0.2, 0) is 17.7 Å². The predicted octanol–water partition coefficient (Wildman–Crippen LogP) is 2.72. The second-order valence-electron chi connectivity index (χ2n) is 7.46. The summed E-state index contributed by atoms with van der Waals surface area (Å²) in [6.45, 7) is 2.21. The molecule has 3 aliphatic rings. The lowest BCUT2D eigenvalue weighted by Crippen LogP contribution is -2.36. The smallest absolute Gasteiger partial charge is 0.261 e. The molecule has 6 nitrogen and oxygen atoms in total. The predicted molar refractivity (Wildman–Crippen MR) is 104 cm³/mol. The minimum absolute atomic E-state index is 0.0866. The maximum absolute atomic E-state index is 13.0. The van der Waals surface area contributed by atoms with Gasteiger partial charge in [0.1, 0.15) is 0 Å². The van der Waals surface area contributed by atoms with Crippen LogP contribution in [0.15, 0.2) is 29.6 Å². The third kappa shape index (κ3) is 2.86. The van der Waals surface area contributed by atoms with Crippen molar-refractivity contribution < 1.29 is 19.1 Å². The molecular formula is C21H20N2O4S. The van der Waals surface area contributed by atoms with E-state index in [9.17, 15) is 14.4 Å². The van der Waals surface area contributed by atoms with E-state index in [1.54, 1.807) is 29.5 Å². The fraction of sp³-hybridized carbons (Fsp3) is 0.381. The molecule has 1 saturated heterocycles. The Morgan fingerprint density at radius 3 is 2.86 bits per heavy atom. The van der Waals surface area contributed by atoms with Crippen molar-refractivity contribution in [1.29, 1.82) is 0 Å². The molecule has 1 aromatic carbocycles. The van der Waals surface area contributed by atoms with Gasteiger partial charge in [-0.15, -0.1) is 11.3 Å². The first-order valence-electron chi connectivity index (χ1n) is 9.58. The minimum atomic E-state index is -0.330. The molecule has 1 unspecified atom stereocenters. The summed E-state index contributed by atoms with van der Waals surface area (Å²) in [5.41, 5.74) is 2.35. The van der Waals surface area contributed by atoms with E-state index in [-0.39, 0.29) is 30.4 Å². The van der Waals surface area contributed by atoms with Gasteiger partial charge >= 0.3 is 0 Å². The Morgan fingerprint density at radius 1 is 1.18 bits per heavy atom. The molecule has 1 atom stereocenters. The van der Waals surface area contributed by atoms with Gasteiger partial charge in [-0.3, -0.25) is 19.3 Å². The van der Waals surface area contributed by atoms with Gasteiger partial charge < -0.3 is 9.64 Å². The van der Waals surface area contributed by atoms with Crippen LogP contribution in [0.25, 0.3) is 0 Å². The molecule has 0 radical (unpaired) electrons. The van der Waals surface area contributed by atoms with Crippen LogP contribution in [-0.4, -0.2) is 53.3 Å². The van der Waals surface area contributed by atoms with Gasteiger partial charge in [0.05, 0.1) is 23.8 Å². The largest absolute Gasteiger partial charge is 0.376 e. The number of carbonyl (C=O) groups is 3. The van der Waals surface area contributed by atoms with Crippen LogP contribution < -0.4 is 0 Å². The number of benzene rings is 1. The number of ether oxygens (including phenoxy) is 1. The van der Waals surface area contributed by atoms with Crippen molar-refractivity contribution in [2.75, 3.05) is 19.7 Å². The molecule has 0 bridgehead atoms. The SMILES string of the molecule is O=C(c1ccc2c(c1)C(=O)N(CC1CCCO1)C2=O)N1CCc2sccc2C1. The quantitative estimate of drug-likeness (QED) is 0.749. The summed E-state index contributed by atoms with van der Waals surface area (Å²) >= 11 is 1.73. The summed E-state index contributed by atoms with van der Waals surface area (Å²) in [6, 6.07) is 6.91. The van der Waals surface area contributed by atoms with Crippen molar-refractivity contribution in [2.45, 2.75) is 31.9 Å².